The molecule has 5 nitrogen and oxygen atoms in total. The van der Waals surface area contributed by atoms with Crippen molar-refractivity contribution in [3.63, 3.8) is 0 Å². The summed E-state index contributed by atoms with van der Waals surface area (Å²) in [7, 11) is 0. The SMILES string of the molecule is Cc1cc(C(=O)C(C#N)c2nc(-c3ccc(Cl)cc3)cs2)no1. The van der Waals surface area contributed by atoms with Crippen molar-refractivity contribution in [2.75, 3.05) is 0 Å². The normalized spacial score (nSPS) is 11.9. The van der Waals surface area contributed by atoms with E-state index >= 15 is 0 Å². The van der Waals surface area contributed by atoms with Crippen molar-refractivity contribution in [3.05, 3.63) is 57.2 Å². The fourth-order valence-electron chi connectivity index (χ4n) is 2.03. The summed E-state index contributed by atoms with van der Waals surface area (Å²) in [6.07, 6.45) is 0. The minimum atomic E-state index is -0.995. The molecule has 0 aliphatic carbocycles. The van der Waals surface area contributed by atoms with E-state index in [2.05, 4.69) is 10.1 Å². The van der Waals surface area contributed by atoms with Crippen molar-refractivity contribution in [1.82, 2.24) is 10.1 Å². The number of ketones is 1. The molecule has 0 spiro atoms. The third-order valence-electron chi connectivity index (χ3n) is 3.18. The van der Waals surface area contributed by atoms with Crippen molar-refractivity contribution in [2.45, 2.75) is 12.8 Å². The topological polar surface area (TPSA) is 79.8 Å². The first kappa shape index (κ1) is 15.4. The molecule has 0 fully saturated rings. The van der Waals surface area contributed by atoms with Crippen LogP contribution in [-0.2, 0) is 0 Å². The fraction of sp³-hybridized carbons (Fsp3) is 0.125. The Kier molecular flexibility index (Phi) is 4.24. The summed E-state index contributed by atoms with van der Waals surface area (Å²) in [6, 6.07) is 10.7. The second-order valence-electron chi connectivity index (χ2n) is 4.83. The van der Waals surface area contributed by atoms with E-state index in [0.29, 0.717) is 21.5 Å². The number of nitriles is 1. The van der Waals surface area contributed by atoms with E-state index in [9.17, 15) is 10.1 Å². The maximum atomic E-state index is 12.4. The second-order valence-corrected chi connectivity index (χ2v) is 6.15. The predicted molar refractivity (Wildman–Crippen MR) is 86.5 cm³/mol. The number of halogens is 1. The first-order valence-corrected chi connectivity index (χ1v) is 7.93. The van der Waals surface area contributed by atoms with Crippen LogP contribution in [0.4, 0.5) is 0 Å². The van der Waals surface area contributed by atoms with Gasteiger partial charge in [-0.25, -0.2) is 4.98 Å². The second kappa shape index (κ2) is 6.32. The van der Waals surface area contributed by atoms with E-state index in [1.165, 1.54) is 17.4 Å². The highest BCUT2D eigenvalue weighted by Gasteiger charge is 2.27. The van der Waals surface area contributed by atoms with Crippen LogP contribution in [0.25, 0.3) is 11.3 Å². The molecule has 7 heteroatoms. The number of rotatable bonds is 4. The lowest BCUT2D eigenvalue weighted by molar-refractivity contribution is 0.0970. The van der Waals surface area contributed by atoms with Crippen LogP contribution >= 0.6 is 22.9 Å². The van der Waals surface area contributed by atoms with E-state index in [1.54, 1.807) is 19.1 Å². The van der Waals surface area contributed by atoms with Gasteiger partial charge in [-0.3, -0.25) is 4.79 Å². The highest BCUT2D eigenvalue weighted by Crippen LogP contribution is 2.29. The van der Waals surface area contributed by atoms with Crippen molar-refractivity contribution in [1.29, 1.82) is 5.26 Å². The van der Waals surface area contributed by atoms with Crippen LogP contribution in [-0.4, -0.2) is 15.9 Å². The molecule has 0 aliphatic heterocycles. The number of nitrogens with zero attached hydrogens (tertiary/aromatic N) is 3. The van der Waals surface area contributed by atoms with Crippen LogP contribution < -0.4 is 0 Å². The molecular weight excluding hydrogens is 334 g/mol. The lowest BCUT2D eigenvalue weighted by Crippen LogP contribution is -2.11. The van der Waals surface area contributed by atoms with Gasteiger partial charge in [0.25, 0.3) is 0 Å². The standard InChI is InChI=1S/C16H10ClN3O2S/c1-9-6-13(20-22-9)15(21)12(7-18)16-19-14(8-23-16)10-2-4-11(17)5-3-10/h2-6,8,12H,1H3. The first-order chi connectivity index (χ1) is 11.1. The Morgan fingerprint density at radius 1 is 1.39 bits per heavy atom. The minimum absolute atomic E-state index is 0.136. The van der Waals surface area contributed by atoms with Crippen LogP contribution in [0.15, 0.2) is 40.2 Å². The van der Waals surface area contributed by atoms with Crippen molar-refractivity contribution < 1.29 is 9.32 Å². The van der Waals surface area contributed by atoms with Crippen LogP contribution in [0.2, 0.25) is 5.02 Å². The number of aryl methyl sites for hydroxylation is 1. The van der Waals surface area contributed by atoms with Crippen molar-refractivity contribution >= 4 is 28.7 Å². The largest absolute Gasteiger partial charge is 0.361 e. The molecule has 0 amide bonds. The van der Waals surface area contributed by atoms with Gasteiger partial charge in [0.05, 0.1) is 11.8 Å². The summed E-state index contributed by atoms with van der Waals surface area (Å²) < 4.78 is 4.89. The van der Waals surface area contributed by atoms with E-state index in [-0.39, 0.29) is 5.69 Å². The van der Waals surface area contributed by atoms with Crippen molar-refractivity contribution in [3.8, 4) is 17.3 Å². The van der Waals surface area contributed by atoms with E-state index in [4.69, 9.17) is 16.1 Å². The number of aromatic nitrogens is 2. The predicted octanol–water partition coefficient (Wildman–Crippen LogP) is 4.25. The van der Waals surface area contributed by atoms with Gasteiger partial charge in [-0.1, -0.05) is 28.9 Å². The Labute approximate surface area is 141 Å². The van der Waals surface area contributed by atoms with Gasteiger partial charge in [-0.05, 0) is 19.1 Å². The zero-order chi connectivity index (χ0) is 16.4. The van der Waals surface area contributed by atoms with Crippen LogP contribution in [0.1, 0.15) is 27.2 Å². The number of Topliss-reactive ketones (excluding diaryl/α,β-unsaturated/α-hetero) is 1. The molecular formula is C16H10ClN3O2S. The average Bonchev–Trinajstić information content (AvgIpc) is 3.18. The van der Waals surface area contributed by atoms with E-state index in [0.717, 1.165) is 5.56 Å². The first-order valence-electron chi connectivity index (χ1n) is 6.67. The quantitative estimate of drug-likeness (QED) is 0.661. The highest BCUT2D eigenvalue weighted by molar-refractivity contribution is 7.10. The molecule has 114 valence electrons. The summed E-state index contributed by atoms with van der Waals surface area (Å²) in [5.74, 6) is -0.891. The van der Waals surface area contributed by atoms with Gasteiger partial charge < -0.3 is 4.52 Å². The minimum Gasteiger partial charge on any atom is -0.361 e. The summed E-state index contributed by atoms with van der Waals surface area (Å²) in [5.41, 5.74) is 1.71. The Balaban J connectivity index is 1.90. The molecule has 0 N–H and O–H groups in total. The number of carbonyl (C=O) groups is 1. The Hall–Kier alpha value is -2.49. The molecule has 0 saturated carbocycles. The van der Waals surface area contributed by atoms with Gasteiger partial charge in [0, 0.05) is 22.0 Å². The molecule has 0 aliphatic rings. The summed E-state index contributed by atoms with van der Waals surface area (Å²) in [4.78, 5) is 16.8. The fourth-order valence-corrected chi connectivity index (χ4v) is 3.02. The Bertz CT molecular complexity index is 893. The van der Waals surface area contributed by atoms with E-state index < -0.39 is 11.7 Å². The van der Waals surface area contributed by atoms with Gasteiger partial charge in [-0.2, -0.15) is 5.26 Å². The molecule has 3 rings (SSSR count). The Morgan fingerprint density at radius 2 is 2.13 bits per heavy atom. The van der Waals surface area contributed by atoms with Gasteiger partial charge in [0.1, 0.15) is 10.8 Å². The zero-order valence-electron chi connectivity index (χ0n) is 12.0. The smallest absolute Gasteiger partial charge is 0.208 e. The van der Waals surface area contributed by atoms with E-state index in [1.807, 2.05) is 23.6 Å². The molecule has 1 atom stereocenters. The van der Waals surface area contributed by atoms with Gasteiger partial charge in [-0.15, -0.1) is 11.3 Å². The molecule has 0 radical (unpaired) electrons. The molecule has 0 saturated heterocycles. The van der Waals surface area contributed by atoms with Crippen molar-refractivity contribution in [2.24, 2.45) is 0 Å². The van der Waals surface area contributed by atoms with Crippen LogP contribution in [0, 0.1) is 18.3 Å². The van der Waals surface area contributed by atoms with Gasteiger partial charge in [0.2, 0.25) is 5.78 Å². The zero-order valence-corrected chi connectivity index (χ0v) is 13.6. The molecule has 1 aromatic carbocycles. The molecule has 0 bridgehead atoms. The number of thiazole rings is 1. The van der Waals surface area contributed by atoms with Gasteiger partial charge >= 0.3 is 0 Å². The third kappa shape index (κ3) is 3.16. The molecule has 2 heterocycles. The number of hydrogen-bond donors (Lipinski definition) is 0. The molecule has 23 heavy (non-hydrogen) atoms. The maximum Gasteiger partial charge on any atom is 0.208 e. The van der Waals surface area contributed by atoms with Gasteiger partial charge in [0.15, 0.2) is 11.6 Å². The Morgan fingerprint density at radius 3 is 2.74 bits per heavy atom. The maximum absolute atomic E-state index is 12.4. The average molecular weight is 344 g/mol. The number of hydrogen-bond acceptors (Lipinski definition) is 6. The highest BCUT2D eigenvalue weighted by atomic mass is 35.5. The number of carbonyl (C=O) groups excluding carboxylic acids is 1. The molecule has 2 aromatic heterocycles. The molecule has 3 aromatic rings. The van der Waals surface area contributed by atoms with Crippen LogP contribution in [0.5, 0.6) is 0 Å². The summed E-state index contributed by atoms with van der Waals surface area (Å²) in [6.45, 7) is 1.69. The molecule has 1 unspecified atom stereocenters. The number of benzene rings is 1. The summed E-state index contributed by atoms with van der Waals surface area (Å²) >= 11 is 7.13. The lowest BCUT2D eigenvalue weighted by atomic mass is 10.0. The van der Waals surface area contributed by atoms with Crippen LogP contribution in [0.3, 0.4) is 0 Å². The lowest BCUT2D eigenvalue weighted by Gasteiger charge is -2.01. The third-order valence-corrected chi connectivity index (χ3v) is 4.34. The monoisotopic (exact) mass is 343 g/mol. The summed E-state index contributed by atoms with van der Waals surface area (Å²) in [5, 5.41) is 15.9.